The van der Waals surface area contributed by atoms with Gasteiger partial charge in [-0.05, 0) is 25.9 Å². The first-order valence-corrected chi connectivity index (χ1v) is 9.05. The second-order valence-electron chi connectivity index (χ2n) is 7.98. The van der Waals surface area contributed by atoms with Crippen LogP contribution in [0.1, 0.15) is 21.3 Å². The van der Waals surface area contributed by atoms with Gasteiger partial charge in [-0.2, -0.15) is 0 Å². The Bertz CT molecular complexity index is 793. The van der Waals surface area contributed by atoms with Gasteiger partial charge in [-0.3, -0.25) is 4.90 Å². The van der Waals surface area contributed by atoms with E-state index in [-0.39, 0.29) is 12.4 Å². The first kappa shape index (κ1) is 33.1. The Kier molecular flexibility index (Phi) is 10.5. The summed E-state index contributed by atoms with van der Waals surface area (Å²) in [4.78, 5) is 33.9. The number of urea groups is 1. The number of hydrogen-bond acceptors (Lipinski definition) is 10. The van der Waals surface area contributed by atoms with Gasteiger partial charge in [-0.1, -0.05) is 43.3 Å². The number of likely N-dealkylation sites (N-methyl/N-ethyl adjacent to an activating group) is 2. The lowest BCUT2D eigenvalue weighted by molar-refractivity contribution is -0.692. The normalized spacial score (nSPS) is 21.4. The third kappa shape index (κ3) is 5.91. The van der Waals surface area contributed by atoms with E-state index in [4.69, 9.17) is 0 Å². The molecule has 2 rings (SSSR count). The van der Waals surface area contributed by atoms with Crippen LogP contribution in [0.15, 0.2) is 0 Å². The second-order valence-corrected chi connectivity index (χ2v) is 7.98. The van der Waals surface area contributed by atoms with Gasteiger partial charge in [-0.25, -0.2) is 25.0 Å². The van der Waals surface area contributed by atoms with Gasteiger partial charge in [-0.15, -0.1) is 5.01 Å². The van der Waals surface area contributed by atoms with Crippen molar-refractivity contribution in [3.05, 3.63) is 20.2 Å². The van der Waals surface area contributed by atoms with Crippen LogP contribution in [-0.4, -0.2) is 115 Å². The average Bonchev–Trinajstić information content (AvgIpc) is 2.71. The van der Waals surface area contributed by atoms with E-state index in [1.807, 2.05) is 0 Å². The summed E-state index contributed by atoms with van der Waals surface area (Å²) in [5.41, 5.74) is -7.51. The molecule has 0 unspecified atom stereocenters. The molecule has 0 aliphatic carbocycles. The van der Waals surface area contributed by atoms with Crippen molar-refractivity contribution in [1.82, 2.24) is 41.2 Å². The molecule has 2 heterocycles. The smallest absolute Gasteiger partial charge is 0.320 e. The molecule has 0 aromatic heterocycles. The zero-order valence-corrected chi connectivity index (χ0v) is 18.4. The number of halogens is 8. The van der Waals surface area contributed by atoms with E-state index in [0.717, 1.165) is 11.9 Å². The average molecular weight is 552 g/mol. The Morgan fingerprint density at radius 1 is 0.750 bits per heavy atom. The molecule has 0 aromatic rings. The number of carbonyl (C=O) groups excluding carboxylic acids is 1. The standard InChI is InChI=1S/C7H13F4N5O2.C5H7F4N5O3.CH4/c1-6(2)12(3)4-7(14(8)9,15(10)11)5-13(6)16(17)18;1-10-2-5(12(6)7,13(8)9)3-11(4(10)15)14(16)17;/h4-5H2,1-3H3;2-3H2,1H3;1H4. The third-order valence-corrected chi connectivity index (χ3v) is 5.55. The minimum Gasteiger partial charge on any atom is -0.320 e. The van der Waals surface area contributed by atoms with Gasteiger partial charge < -0.3 is 4.90 Å². The van der Waals surface area contributed by atoms with E-state index in [0.29, 0.717) is 9.91 Å². The highest BCUT2D eigenvalue weighted by Crippen LogP contribution is 2.35. The number of hydrazine groups is 2. The Morgan fingerprint density at radius 2 is 1.14 bits per heavy atom. The monoisotopic (exact) mass is 552 g/mol. The number of nitro groups is 2. The summed E-state index contributed by atoms with van der Waals surface area (Å²) in [5, 5.41) is 11.9. The van der Waals surface area contributed by atoms with Crippen LogP contribution in [0.2, 0.25) is 0 Å². The van der Waals surface area contributed by atoms with Gasteiger partial charge in [0.15, 0.2) is 10.1 Å². The predicted molar refractivity (Wildman–Crippen MR) is 101 cm³/mol. The summed E-state index contributed by atoms with van der Waals surface area (Å²) in [6, 6.07) is -1.24. The van der Waals surface area contributed by atoms with E-state index in [2.05, 4.69) is 0 Å². The summed E-state index contributed by atoms with van der Waals surface area (Å²) < 4.78 is 101. The third-order valence-electron chi connectivity index (χ3n) is 5.55. The lowest BCUT2D eigenvalue weighted by Gasteiger charge is -2.50. The van der Waals surface area contributed by atoms with Gasteiger partial charge in [0.05, 0.1) is 27.9 Å². The molecule has 0 atom stereocenters. The Labute approximate surface area is 197 Å². The minimum absolute atomic E-state index is 0. The van der Waals surface area contributed by atoms with E-state index in [1.165, 1.54) is 20.9 Å². The number of hydrogen-bond donors (Lipinski definition) is 0. The number of nitrogens with zero attached hydrogens (tertiary/aromatic N) is 10. The van der Waals surface area contributed by atoms with Crippen LogP contribution in [0.25, 0.3) is 0 Å². The molecule has 2 fully saturated rings. The van der Waals surface area contributed by atoms with E-state index < -0.39 is 80.6 Å². The molecule has 2 aliphatic heterocycles. The van der Waals surface area contributed by atoms with E-state index in [1.54, 1.807) is 0 Å². The zero-order chi connectivity index (χ0) is 27.7. The first-order chi connectivity index (χ1) is 15.8. The topological polar surface area (TPSA) is 129 Å². The molecule has 23 heteroatoms. The minimum atomic E-state index is -3.23. The molecule has 0 N–H and O–H groups in total. The van der Waals surface area contributed by atoms with Crippen molar-refractivity contribution in [1.29, 1.82) is 0 Å². The highest BCUT2D eigenvalue weighted by atomic mass is 19.4. The van der Waals surface area contributed by atoms with Crippen molar-refractivity contribution in [3.63, 3.8) is 0 Å². The molecule has 36 heavy (non-hydrogen) atoms. The molecule has 0 saturated carbocycles. The van der Waals surface area contributed by atoms with Gasteiger partial charge in [0.25, 0.3) is 0 Å². The summed E-state index contributed by atoms with van der Waals surface area (Å²) in [7, 11) is 2.16. The Balaban J connectivity index is 0.000000663. The van der Waals surface area contributed by atoms with E-state index in [9.17, 15) is 60.9 Å². The van der Waals surface area contributed by atoms with Crippen LogP contribution >= 0.6 is 0 Å². The van der Waals surface area contributed by atoms with Gasteiger partial charge in [0, 0.05) is 13.6 Å². The fourth-order valence-corrected chi connectivity index (χ4v) is 3.18. The number of amides is 2. The highest BCUT2D eigenvalue weighted by Gasteiger charge is 2.60. The van der Waals surface area contributed by atoms with Crippen molar-refractivity contribution in [2.45, 2.75) is 38.3 Å². The predicted octanol–water partition coefficient (Wildman–Crippen LogP) is 2.02. The Hall–Kier alpha value is -2.89. The molecule has 0 aromatic carbocycles. The fraction of sp³-hybridized carbons (Fsp3) is 0.923. The summed E-state index contributed by atoms with van der Waals surface area (Å²) >= 11 is 0. The highest BCUT2D eigenvalue weighted by molar-refractivity contribution is 5.74. The quantitative estimate of drug-likeness (QED) is 0.158. The molecule has 15 nitrogen and oxygen atoms in total. The lowest BCUT2D eigenvalue weighted by Crippen LogP contribution is -2.74. The van der Waals surface area contributed by atoms with Crippen LogP contribution in [0.4, 0.5) is 40.6 Å². The van der Waals surface area contributed by atoms with Crippen molar-refractivity contribution in [2.24, 2.45) is 0 Å². The molecular weight excluding hydrogens is 528 g/mol. The lowest BCUT2D eigenvalue weighted by atomic mass is 10.0. The molecule has 2 aliphatic rings. The summed E-state index contributed by atoms with van der Waals surface area (Å²) in [6.07, 6.45) is 0. The number of carbonyl (C=O) groups is 1. The van der Waals surface area contributed by atoms with Gasteiger partial charge in [0.2, 0.25) is 11.3 Å². The van der Waals surface area contributed by atoms with Crippen LogP contribution < -0.4 is 0 Å². The fourth-order valence-electron chi connectivity index (χ4n) is 3.18. The molecule has 0 bridgehead atoms. The SMILES string of the molecule is C.CN1CC(N(F)F)(N(F)F)CN([N+](=O)[O-])C1(C)C.CN1CC(N(F)F)(N(F)F)CN([N+](=O)[O-])C1=O. The summed E-state index contributed by atoms with van der Waals surface area (Å²) in [5.74, 6) is 0. The molecule has 2 amide bonds. The maximum atomic E-state index is 12.7. The Morgan fingerprint density at radius 3 is 1.47 bits per heavy atom. The number of rotatable bonds is 6. The van der Waals surface area contributed by atoms with Crippen molar-refractivity contribution < 1.29 is 50.7 Å². The van der Waals surface area contributed by atoms with Crippen LogP contribution in [0.3, 0.4) is 0 Å². The van der Waals surface area contributed by atoms with Crippen molar-refractivity contribution >= 4 is 6.03 Å². The van der Waals surface area contributed by atoms with Gasteiger partial charge in [0.1, 0.15) is 18.8 Å². The maximum absolute atomic E-state index is 12.7. The largest absolute Gasteiger partial charge is 0.377 e. The van der Waals surface area contributed by atoms with Crippen LogP contribution in [0.5, 0.6) is 0 Å². The molecular formula is C13H24F8N10O5. The first-order valence-electron chi connectivity index (χ1n) is 9.05. The second kappa shape index (κ2) is 11.4. The zero-order valence-electron chi connectivity index (χ0n) is 18.4. The van der Waals surface area contributed by atoms with Crippen LogP contribution in [0, 0.1) is 20.2 Å². The maximum Gasteiger partial charge on any atom is 0.377 e. The molecule has 0 radical (unpaired) electrons. The van der Waals surface area contributed by atoms with Crippen molar-refractivity contribution in [2.75, 3.05) is 40.3 Å². The molecule has 0 spiro atoms. The summed E-state index contributed by atoms with van der Waals surface area (Å²) in [6.45, 7) is -1.62. The molecule has 2 saturated heterocycles. The van der Waals surface area contributed by atoms with Gasteiger partial charge >= 0.3 is 6.03 Å². The van der Waals surface area contributed by atoms with Crippen LogP contribution in [-0.2, 0) is 0 Å². The van der Waals surface area contributed by atoms with E-state index >= 15 is 0 Å². The molecule has 212 valence electrons. The van der Waals surface area contributed by atoms with Crippen molar-refractivity contribution in [3.8, 4) is 0 Å².